The average Bonchev–Trinajstić information content (AvgIpc) is 3.09. The number of carbonyl (C=O) groups is 1. The van der Waals surface area contributed by atoms with Crippen molar-refractivity contribution in [2.24, 2.45) is 0 Å². The van der Waals surface area contributed by atoms with Crippen molar-refractivity contribution < 1.29 is 9.53 Å². The van der Waals surface area contributed by atoms with E-state index in [1.54, 1.807) is 18.2 Å². The molecule has 0 aliphatic carbocycles. The second-order valence-electron chi connectivity index (χ2n) is 5.85. The molecular weight excluding hydrogens is 499 g/mol. The summed E-state index contributed by atoms with van der Waals surface area (Å²) in [6.07, 6.45) is 0. The van der Waals surface area contributed by atoms with Crippen LogP contribution in [0.3, 0.4) is 0 Å². The fourth-order valence-electron chi connectivity index (χ4n) is 2.45. The van der Waals surface area contributed by atoms with Crippen molar-refractivity contribution >= 4 is 62.5 Å². The van der Waals surface area contributed by atoms with E-state index in [0.717, 1.165) is 10.2 Å². The van der Waals surface area contributed by atoms with E-state index in [4.69, 9.17) is 27.9 Å². The molecule has 3 aromatic rings. The molecule has 6 nitrogen and oxygen atoms in total. The zero-order valence-electron chi connectivity index (χ0n) is 15.4. The first-order chi connectivity index (χ1) is 14.0. The monoisotopic (exact) mass is 514 g/mol. The number of halogens is 3. The number of anilines is 1. The van der Waals surface area contributed by atoms with E-state index in [2.05, 4.69) is 31.4 Å². The van der Waals surface area contributed by atoms with Gasteiger partial charge in [0.1, 0.15) is 12.4 Å². The Balaban J connectivity index is 1.58. The number of benzene rings is 2. The summed E-state index contributed by atoms with van der Waals surface area (Å²) in [6.45, 7) is 2.83. The third kappa shape index (κ3) is 6.12. The zero-order chi connectivity index (χ0) is 20.8. The van der Waals surface area contributed by atoms with Gasteiger partial charge in [-0.1, -0.05) is 50.9 Å². The minimum absolute atomic E-state index is 0.117. The van der Waals surface area contributed by atoms with Gasteiger partial charge in [0.05, 0.1) is 10.8 Å². The van der Waals surface area contributed by atoms with Gasteiger partial charge in [-0.05, 0) is 49.4 Å². The molecule has 1 amide bonds. The molecule has 0 saturated heterocycles. The molecule has 0 aliphatic rings. The second kappa shape index (κ2) is 10.3. The molecule has 3 rings (SSSR count). The Morgan fingerprint density at radius 2 is 1.97 bits per heavy atom. The Morgan fingerprint density at radius 3 is 2.66 bits per heavy atom. The first-order valence-corrected chi connectivity index (χ1v) is 11.2. The highest BCUT2D eigenvalue weighted by Gasteiger charge is 2.14. The molecule has 0 unspecified atom stereocenters. The van der Waals surface area contributed by atoms with Gasteiger partial charge in [-0.3, -0.25) is 4.79 Å². The summed E-state index contributed by atoms with van der Waals surface area (Å²) in [6, 6.07) is 12.4. The predicted molar refractivity (Wildman–Crippen MR) is 120 cm³/mol. The standard InChI is InChI=1S/C19H17BrCl2N4O2S/c1-2-26-17(10-28-16-8-5-13(21)9-15(16)22)24-25-19(26)29-11-18(27)23-14-6-3-12(20)4-7-14/h3-9H,2,10-11H2,1H3,(H,23,27). The molecule has 29 heavy (non-hydrogen) atoms. The van der Waals surface area contributed by atoms with Crippen molar-refractivity contribution in [1.29, 1.82) is 0 Å². The van der Waals surface area contributed by atoms with Gasteiger partial charge >= 0.3 is 0 Å². The van der Waals surface area contributed by atoms with Crippen molar-refractivity contribution in [3.63, 3.8) is 0 Å². The molecule has 0 bridgehead atoms. The third-order valence-corrected chi connectivity index (χ3v) is 5.85. The van der Waals surface area contributed by atoms with Crippen molar-refractivity contribution in [2.45, 2.75) is 25.2 Å². The highest BCUT2D eigenvalue weighted by molar-refractivity contribution is 9.10. The molecule has 0 radical (unpaired) electrons. The number of hydrogen-bond donors (Lipinski definition) is 1. The summed E-state index contributed by atoms with van der Waals surface area (Å²) in [5.41, 5.74) is 0.740. The van der Waals surface area contributed by atoms with Gasteiger partial charge in [-0.25, -0.2) is 0 Å². The van der Waals surface area contributed by atoms with Crippen LogP contribution in [0.5, 0.6) is 5.75 Å². The molecule has 0 atom stereocenters. The third-order valence-electron chi connectivity index (χ3n) is 3.82. The van der Waals surface area contributed by atoms with Crippen molar-refractivity contribution in [2.75, 3.05) is 11.1 Å². The van der Waals surface area contributed by atoms with E-state index in [9.17, 15) is 4.79 Å². The van der Waals surface area contributed by atoms with E-state index in [1.165, 1.54) is 11.8 Å². The van der Waals surface area contributed by atoms with Crippen molar-refractivity contribution in [3.05, 3.63) is 62.8 Å². The number of nitrogens with one attached hydrogen (secondary N) is 1. The van der Waals surface area contributed by atoms with E-state index < -0.39 is 0 Å². The number of rotatable bonds is 8. The van der Waals surface area contributed by atoms with E-state index in [0.29, 0.717) is 33.3 Å². The summed E-state index contributed by atoms with van der Waals surface area (Å²) < 4.78 is 8.60. The maximum Gasteiger partial charge on any atom is 0.234 e. The molecule has 152 valence electrons. The summed E-state index contributed by atoms with van der Waals surface area (Å²) in [5, 5.41) is 12.8. The lowest BCUT2D eigenvalue weighted by Gasteiger charge is -2.10. The molecule has 1 heterocycles. The van der Waals surface area contributed by atoms with Gasteiger partial charge < -0.3 is 14.6 Å². The average molecular weight is 516 g/mol. The summed E-state index contributed by atoms with van der Waals surface area (Å²) in [4.78, 5) is 12.2. The molecule has 0 spiro atoms. The lowest BCUT2D eigenvalue weighted by Crippen LogP contribution is -2.14. The normalized spacial score (nSPS) is 10.8. The lowest BCUT2D eigenvalue weighted by atomic mass is 10.3. The minimum Gasteiger partial charge on any atom is -0.484 e. The van der Waals surface area contributed by atoms with Crippen LogP contribution in [0.1, 0.15) is 12.7 Å². The summed E-state index contributed by atoms with van der Waals surface area (Å²) >= 11 is 16.7. The van der Waals surface area contributed by atoms with E-state index >= 15 is 0 Å². The second-order valence-corrected chi connectivity index (χ2v) is 8.55. The fraction of sp³-hybridized carbons (Fsp3) is 0.211. The Labute approximate surface area is 191 Å². The maximum atomic E-state index is 12.2. The van der Waals surface area contributed by atoms with E-state index in [-0.39, 0.29) is 18.3 Å². The maximum absolute atomic E-state index is 12.2. The predicted octanol–water partition coefficient (Wildman–Crippen LogP) is 5.68. The highest BCUT2D eigenvalue weighted by Crippen LogP contribution is 2.28. The molecule has 1 N–H and O–H groups in total. The Bertz CT molecular complexity index is 998. The van der Waals surface area contributed by atoms with Crippen LogP contribution >= 0.6 is 50.9 Å². The smallest absolute Gasteiger partial charge is 0.234 e. The Morgan fingerprint density at radius 1 is 1.21 bits per heavy atom. The largest absolute Gasteiger partial charge is 0.484 e. The molecule has 2 aromatic carbocycles. The van der Waals surface area contributed by atoms with Crippen molar-refractivity contribution in [1.82, 2.24) is 14.8 Å². The number of nitrogens with zero attached hydrogens (tertiary/aromatic N) is 3. The van der Waals surface area contributed by atoms with Crippen LogP contribution in [0, 0.1) is 0 Å². The number of thioether (sulfide) groups is 1. The first kappa shape index (κ1) is 22.0. The zero-order valence-corrected chi connectivity index (χ0v) is 19.3. The molecule has 0 fully saturated rings. The number of hydrogen-bond acceptors (Lipinski definition) is 5. The number of carbonyl (C=O) groups excluding carboxylic acids is 1. The van der Waals surface area contributed by atoms with Gasteiger partial charge in [0.2, 0.25) is 5.91 Å². The van der Waals surface area contributed by atoms with Crippen LogP contribution in [0.25, 0.3) is 0 Å². The van der Waals surface area contributed by atoms with Crippen LogP contribution in [-0.4, -0.2) is 26.4 Å². The molecule has 10 heteroatoms. The highest BCUT2D eigenvalue weighted by atomic mass is 79.9. The van der Waals surface area contributed by atoms with Crippen LogP contribution in [-0.2, 0) is 17.9 Å². The molecule has 0 saturated carbocycles. The van der Waals surface area contributed by atoms with E-state index in [1.807, 2.05) is 35.8 Å². The SMILES string of the molecule is CCn1c(COc2ccc(Cl)cc2Cl)nnc1SCC(=O)Nc1ccc(Br)cc1. The summed E-state index contributed by atoms with van der Waals surface area (Å²) in [7, 11) is 0. The van der Waals surface area contributed by atoms with Crippen molar-refractivity contribution in [3.8, 4) is 5.75 Å². The quantitative estimate of drug-likeness (QED) is 0.391. The van der Waals surface area contributed by atoms with Crippen LogP contribution in [0.2, 0.25) is 10.0 Å². The van der Waals surface area contributed by atoms with Crippen LogP contribution < -0.4 is 10.1 Å². The minimum atomic E-state index is -0.117. The first-order valence-electron chi connectivity index (χ1n) is 8.64. The number of ether oxygens (including phenoxy) is 1. The molecule has 0 aliphatic heterocycles. The van der Waals surface area contributed by atoms with Gasteiger partial charge in [-0.2, -0.15) is 0 Å². The fourth-order valence-corrected chi connectivity index (χ4v) is 3.99. The molecule has 1 aromatic heterocycles. The van der Waals surface area contributed by atoms with Gasteiger partial charge in [-0.15, -0.1) is 10.2 Å². The summed E-state index contributed by atoms with van der Waals surface area (Å²) in [5.74, 6) is 1.27. The lowest BCUT2D eigenvalue weighted by molar-refractivity contribution is -0.113. The van der Waals surface area contributed by atoms with Crippen LogP contribution in [0.4, 0.5) is 5.69 Å². The molecular formula is C19H17BrCl2N4O2S. The van der Waals surface area contributed by atoms with Gasteiger partial charge in [0, 0.05) is 21.7 Å². The number of amides is 1. The van der Waals surface area contributed by atoms with Gasteiger partial charge in [0.25, 0.3) is 0 Å². The Hall–Kier alpha value is -1.74. The number of aromatic nitrogens is 3. The Kier molecular flexibility index (Phi) is 7.83. The topological polar surface area (TPSA) is 69.0 Å². The van der Waals surface area contributed by atoms with Crippen LogP contribution in [0.15, 0.2) is 52.1 Å². The van der Waals surface area contributed by atoms with Gasteiger partial charge in [0.15, 0.2) is 11.0 Å².